The maximum Gasteiger partial charge on any atom is 0.264 e. The lowest BCUT2D eigenvalue weighted by atomic mass is 10.1. The molecule has 3 aromatic carbocycles. The molecule has 1 aliphatic carbocycles. The Morgan fingerprint density at radius 1 is 0.923 bits per heavy atom. The number of rotatable bonds is 11. The number of anilines is 1. The minimum absolute atomic E-state index is 0.0846. The van der Waals surface area contributed by atoms with E-state index in [1.54, 1.807) is 42.5 Å². The van der Waals surface area contributed by atoms with Gasteiger partial charge in [0, 0.05) is 17.1 Å². The fourth-order valence-corrected chi connectivity index (χ4v) is 6.62. The average molecular weight is 613 g/mol. The number of amides is 2. The molecular formula is C30H34BrN3O4S. The molecule has 2 amide bonds. The number of hydrogen-bond acceptors (Lipinski definition) is 4. The Morgan fingerprint density at radius 2 is 1.51 bits per heavy atom. The van der Waals surface area contributed by atoms with Crippen LogP contribution in [0.4, 0.5) is 5.69 Å². The molecule has 0 radical (unpaired) electrons. The predicted molar refractivity (Wildman–Crippen MR) is 157 cm³/mol. The second-order valence-electron chi connectivity index (χ2n) is 9.72. The van der Waals surface area contributed by atoms with Gasteiger partial charge in [0.1, 0.15) is 12.6 Å². The standard InChI is InChI=1S/C30H34BrN3O4S/c1-2-28(30(36)32-25-13-9-10-14-25)33(21-23-11-5-3-6-12-23)29(35)22-34(26-19-17-24(31)18-20-26)39(37,38)27-15-7-4-8-16-27/h3-8,11-12,15-20,25,28H,2,9-10,13-14,21-22H2,1H3,(H,32,36)/t28-/m1/s1. The van der Waals surface area contributed by atoms with Gasteiger partial charge in [-0.2, -0.15) is 0 Å². The Bertz CT molecular complexity index is 1350. The van der Waals surface area contributed by atoms with Crippen LogP contribution in [0.5, 0.6) is 0 Å². The zero-order chi connectivity index (χ0) is 27.8. The fourth-order valence-electron chi connectivity index (χ4n) is 4.92. The molecule has 39 heavy (non-hydrogen) atoms. The van der Waals surface area contributed by atoms with Crippen LogP contribution >= 0.6 is 15.9 Å². The van der Waals surface area contributed by atoms with E-state index in [-0.39, 0.29) is 23.4 Å². The van der Waals surface area contributed by atoms with Crippen LogP contribution < -0.4 is 9.62 Å². The van der Waals surface area contributed by atoms with Gasteiger partial charge in [-0.1, -0.05) is 84.2 Å². The summed E-state index contributed by atoms with van der Waals surface area (Å²) in [4.78, 5) is 29.1. The van der Waals surface area contributed by atoms with Crippen LogP contribution in [0.2, 0.25) is 0 Å². The van der Waals surface area contributed by atoms with Gasteiger partial charge in [-0.15, -0.1) is 0 Å². The van der Waals surface area contributed by atoms with E-state index in [0.29, 0.717) is 12.1 Å². The van der Waals surface area contributed by atoms with Gasteiger partial charge in [-0.3, -0.25) is 13.9 Å². The number of carbonyl (C=O) groups excluding carboxylic acids is 2. The smallest absolute Gasteiger partial charge is 0.264 e. The molecule has 1 fully saturated rings. The van der Waals surface area contributed by atoms with E-state index in [4.69, 9.17) is 0 Å². The average Bonchev–Trinajstić information content (AvgIpc) is 3.46. The third kappa shape index (κ3) is 7.28. The Kier molecular flexibility index (Phi) is 9.80. The number of sulfonamides is 1. The lowest BCUT2D eigenvalue weighted by Crippen LogP contribution is -2.53. The second-order valence-corrected chi connectivity index (χ2v) is 12.5. The van der Waals surface area contributed by atoms with Gasteiger partial charge < -0.3 is 10.2 Å². The normalized spacial score (nSPS) is 14.5. The third-order valence-electron chi connectivity index (χ3n) is 7.01. The number of halogens is 1. The lowest BCUT2D eigenvalue weighted by molar-refractivity contribution is -0.140. The highest BCUT2D eigenvalue weighted by atomic mass is 79.9. The van der Waals surface area contributed by atoms with E-state index in [9.17, 15) is 18.0 Å². The van der Waals surface area contributed by atoms with Gasteiger partial charge in [0.2, 0.25) is 11.8 Å². The number of nitrogens with one attached hydrogen (secondary N) is 1. The number of nitrogens with zero attached hydrogens (tertiary/aromatic N) is 2. The minimum Gasteiger partial charge on any atom is -0.352 e. The van der Waals surface area contributed by atoms with E-state index in [2.05, 4.69) is 21.2 Å². The van der Waals surface area contributed by atoms with E-state index in [0.717, 1.165) is 40.0 Å². The van der Waals surface area contributed by atoms with Crippen LogP contribution in [0.25, 0.3) is 0 Å². The zero-order valence-corrected chi connectivity index (χ0v) is 24.4. The van der Waals surface area contributed by atoms with E-state index >= 15 is 0 Å². The summed E-state index contributed by atoms with van der Waals surface area (Å²) in [5, 5.41) is 3.13. The van der Waals surface area contributed by atoms with Gasteiger partial charge in [0.05, 0.1) is 10.6 Å². The summed E-state index contributed by atoms with van der Waals surface area (Å²) in [7, 11) is -4.07. The van der Waals surface area contributed by atoms with Crippen molar-refractivity contribution >= 4 is 43.5 Å². The van der Waals surface area contributed by atoms with Crippen molar-refractivity contribution < 1.29 is 18.0 Å². The molecule has 0 heterocycles. The highest BCUT2D eigenvalue weighted by Gasteiger charge is 2.34. The molecule has 3 aromatic rings. The molecule has 1 saturated carbocycles. The van der Waals surface area contributed by atoms with Crippen molar-refractivity contribution in [3.8, 4) is 0 Å². The lowest BCUT2D eigenvalue weighted by Gasteiger charge is -2.33. The van der Waals surface area contributed by atoms with Gasteiger partial charge in [0.25, 0.3) is 10.0 Å². The van der Waals surface area contributed by atoms with Gasteiger partial charge in [-0.05, 0) is 61.2 Å². The highest BCUT2D eigenvalue weighted by Crippen LogP contribution is 2.26. The van der Waals surface area contributed by atoms with E-state index < -0.39 is 28.5 Å². The summed E-state index contributed by atoms with van der Waals surface area (Å²) in [6.45, 7) is 1.62. The Hall–Kier alpha value is -3.17. The van der Waals surface area contributed by atoms with Crippen LogP contribution in [0.3, 0.4) is 0 Å². The minimum atomic E-state index is -4.07. The predicted octanol–water partition coefficient (Wildman–Crippen LogP) is 5.51. The zero-order valence-electron chi connectivity index (χ0n) is 22.0. The number of hydrogen-bond donors (Lipinski definition) is 1. The molecule has 1 atom stereocenters. The van der Waals surface area contributed by atoms with Crippen LogP contribution in [0.15, 0.2) is 94.3 Å². The summed E-state index contributed by atoms with van der Waals surface area (Å²) in [5.74, 6) is -0.649. The van der Waals surface area contributed by atoms with Gasteiger partial charge >= 0.3 is 0 Å². The van der Waals surface area contributed by atoms with Crippen molar-refractivity contribution in [2.24, 2.45) is 0 Å². The topological polar surface area (TPSA) is 86.8 Å². The van der Waals surface area contributed by atoms with Gasteiger partial charge in [-0.25, -0.2) is 8.42 Å². The summed E-state index contributed by atoms with van der Waals surface area (Å²) in [6, 6.07) is 23.7. The van der Waals surface area contributed by atoms with Crippen LogP contribution in [0, 0.1) is 0 Å². The van der Waals surface area contributed by atoms with Crippen molar-refractivity contribution in [3.63, 3.8) is 0 Å². The molecule has 0 bridgehead atoms. The summed E-state index contributed by atoms with van der Waals surface area (Å²) in [5.41, 5.74) is 1.22. The molecule has 0 aromatic heterocycles. The van der Waals surface area contributed by atoms with Crippen molar-refractivity contribution in [3.05, 3.63) is 95.0 Å². The number of carbonyl (C=O) groups is 2. The Labute approximate surface area is 239 Å². The SMILES string of the molecule is CC[C@H](C(=O)NC1CCCC1)N(Cc1ccccc1)C(=O)CN(c1ccc(Br)cc1)S(=O)(=O)c1ccccc1. The summed E-state index contributed by atoms with van der Waals surface area (Å²) in [6.07, 6.45) is 4.42. The monoisotopic (exact) mass is 611 g/mol. The van der Waals surface area contributed by atoms with E-state index in [1.165, 1.54) is 17.0 Å². The van der Waals surface area contributed by atoms with Crippen molar-refractivity contribution in [2.45, 2.75) is 62.6 Å². The summed E-state index contributed by atoms with van der Waals surface area (Å²) >= 11 is 3.39. The molecule has 1 aliphatic rings. The molecule has 1 N–H and O–H groups in total. The van der Waals surface area contributed by atoms with Crippen LogP contribution in [-0.4, -0.2) is 43.8 Å². The Morgan fingerprint density at radius 3 is 2.10 bits per heavy atom. The Balaban J connectivity index is 1.68. The third-order valence-corrected chi connectivity index (χ3v) is 9.32. The van der Waals surface area contributed by atoms with Crippen molar-refractivity contribution in [1.29, 1.82) is 0 Å². The molecular weight excluding hydrogens is 578 g/mol. The highest BCUT2D eigenvalue weighted by molar-refractivity contribution is 9.10. The van der Waals surface area contributed by atoms with Gasteiger partial charge in [0.15, 0.2) is 0 Å². The maximum absolute atomic E-state index is 14.0. The first kappa shape index (κ1) is 28.8. The molecule has 0 aliphatic heterocycles. The second kappa shape index (κ2) is 13.3. The molecule has 0 spiro atoms. The van der Waals surface area contributed by atoms with Crippen molar-refractivity contribution in [1.82, 2.24) is 10.2 Å². The molecule has 0 saturated heterocycles. The molecule has 4 rings (SSSR count). The largest absolute Gasteiger partial charge is 0.352 e. The molecule has 9 heteroatoms. The fraction of sp³-hybridized carbons (Fsp3) is 0.333. The quantitative estimate of drug-likeness (QED) is 0.310. The molecule has 0 unspecified atom stereocenters. The first-order valence-electron chi connectivity index (χ1n) is 13.3. The van der Waals surface area contributed by atoms with Crippen LogP contribution in [0.1, 0.15) is 44.6 Å². The maximum atomic E-state index is 14.0. The first-order valence-corrected chi connectivity index (χ1v) is 15.5. The molecule has 206 valence electrons. The summed E-state index contributed by atoms with van der Waals surface area (Å²) < 4.78 is 29.5. The van der Waals surface area contributed by atoms with Crippen molar-refractivity contribution in [2.75, 3.05) is 10.8 Å². The molecule has 7 nitrogen and oxygen atoms in total. The van der Waals surface area contributed by atoms with E-state index in [1.807, 2.05) is 37.3 Å². The van der Waals surface area contributed by atoms with Crippen LogP contribution in [-0.2, 0) is 26.2 Å². The first-order chi connectivity index (χ1) is 18.8. The number of benzene rings is 3.